The molecule has 1 atom stereocenters. The first-order valence-corrected chi connectivity index (χ1v) is 8.21. The number of nitrogens with zero attached hydrogens (tertiary/aromatic N) is 2. The van der Waals surface area contributed by atoms with Gasteiger partial charge in [0.25, 0.3) is 0 Å². The van der Waals surface area contributed by atoms with Crippen molar-refractivity contribution in [3.05, 3.63) is 11.9 Å². The Morgan fingerprint density at radius 1 is 1.40 bits per heavy atom. The van der Waals surface area contributed by atoms with Gasteiger partial charge in [0, 0.05) is 20.2 Å². The zero-order valence-corrected chi connectivity index (χ0v) is 12.7. The van der Waals surface area contributed by atoms with Gasteiger partial charge in [-0.3, -0.25) is 0 Å². The smallest absolute Gasteiger partial charge is 0.158 e. The molecule has 0 aromatic carbocycles. The summed E-state index contributed by atoms with van der Waals surface area (Å²) >= 11 is 0. The van der Waals surface area contributed by atoms with E-state index in [-0.39, 0.29) is 11.5 Å². The number of hydrogen-bond donors (Lipinski definition) is 2. The van der Waals surface area contributed by atoms with Crippen LogP contribution in [-0.2, 0) is 21.2 Å². The first kappa shape index (κ1) is 15.0. The predicted octanol–water partition coefficient (Wildman–Crippen LogP) is 0.654. The van der Waals surface area contributed by atoms with Gasteiger partial charge in [0.05, 0.1) is 17.0 Å². The average molecular weight is 300 g/mol. The molecule has 2 rings (SSSR count). The topological polar surface area (TPSA) is 93.2 Å². The molecule has 7 nitrogen and oxygen atoms in total. The third-order valence-corrected chi connectivity index (χ3v) is 5.14. The summed E-state index contributed by atoms with van der Waals surface area (Å²) in [6.45, 7) is 2.20. The van der Waals surface area contributed by atoms with Crippen LogP contribution in [0, 0.1) is 0 Å². The minimum absolute atomic E-state index is 0.124. The molecule has 0 radical (unpaired) electrons. The van der Waals surface area contributed by atoms with Gasteiger partial charge in [-0.2, -0.15) is 0 Å². The van der Waals surface area contributed by atoms with Gasteiger partial charge in [0.2, 0.25) is 0 Å². The third-order valence-electron chi connectivity index (χ3n) is 3.24. The van der Waals surface area contributed by atoms with E-state index in [0.29, 0.717) is 30.5 Å². The van der Waals surface area contributed by atoms with Crippen LogP contribution in [0.1, 0.15) is 19.2 Å². The number of anilines is 2. The number of nitrogens with one attached hydrogen (secondary N) is 2. The van der Waals surface area contributed by atoms with E-state index >= 15 is 0 Å². The largest absolute Gasteiger partial charge is 0.377 e. The molecular weight excluding hydrogens is 280 g/mol. The average Bonchev–Trinajstić information content (AvgIpc) is 2.63. The fraction of sp³-hybridized carbons (Fsp3) is 0.667. The summed E-state index contributed by atoms with van der Waals surface area (Å²) in [5, 5.41) is 6.18. The molecule has 1 aromatic heterocycles. The fourth-order valence-electron chi connectivity index (χ4n) is 2.30. The second-order valence-corrected chi connectivity index (χ2v) is 7.45. The quantitative estimate of drug-likeness (QED) is 0.824. The van der Waals surface area contributed by atoms with Crippen LogP contribution in [0.4, 0.5) is 11.6 Å². The molecule has 1 fully saturated rings. The van der Waals surface area contributed by atoms with Crippen molar-refractivity contribution in [1.29, 1.82) is 0 Å². The van der Waals surface area contributed by atoms with Gasteiger partial charge in [-0.1, -0.05) is 0 Å². The lowest BCUT2D eigenvalue weighted by atomic mass is 10.0. The summed E-state index contributed by atoms with van der Waals surface area (Å²) in [6, 6.07) is 1.76. The molecule has 1 aromatic rings. The van der Waals surface area contributed by atoms with Crippen molar-refractivity contribution in [2.45, 2.75) is 25.5 Å². The SMILES string of the molecule is CNc1cc(NC2(C)CCS(=O)(=O)C2)nc(COC)n1. The maximum atomic E-state index is 11.6. The molecule has 1 unspecified atom stereocenters. The minimum Gasteiger partial charge on any atom is -0.377 e. The van der Waals surface area contributed by atoms with Crippen LogP contribution in [0.3, 0.4) is 0 Å². The lowest BCUT2D eigenvalue weighted by Crippen LogP contribution is -2.36. The van der Waals surface area contributed by atoms with Gasteiger partial charge >= 0.3 is 0 Å². The van der Waals surface area contributed by atoms with E-state index in [0.717, 1.165) is 0 Å². The van der Waals surface area contributed by atoms with Gasteiger partial charge < -0.3 is 15.4 Å². The van der Waals surface area contributed by atoms with Crippen LogP contribution in [0.25, 0.3) is 0 Å². The molecule has 2 N–H and O–H groups in total. The number of rotatable bonds is 5. The Morgan fingerprint density at radius 3 is 2.65 bits per heavy atom. The summed E-state index contributed by atoms with van der Waals surface area (Å²) in [4.78, 5) is 8.61. The third kappa shape index (κ3) is 3.57. The van der Waals surface area contributed by atoms with Crippen LogP contribution in [0.2, 0.25) is 0 Å². The molecule has 0 spiro atoms. The lowest BCUT2D eigenvalue weighted by molar-refractivity contribution is 0.178. The van der Waals surface area contributed by atoms with Crippen LogP contribution in [-0.4, -0.2) is 49.6 Å². The predicted molar refractivity (Wildman–Crippen MR) is 77.6 cm³/mol. The second kappa shape index (κ2) is 5.53. The molecule has 0 amide bonds. The fourth-order valence-corrected chi connectivity index (χ4v) is 4.39. The standard InChI is InChI=1S/C12H20N4O3S/c1-12(4-5-20(17,18)8-12)16-10-6-9(13-2)14-11(15-10)7-19-3/h6H,4-5,7-8H2,1-3H3,(H2,13,14,15,16). The Morgan fingerprint density at radius 2 is 2.10 bits per heavy atom. The van der Waals surface area contributed by atoms with Crippen LogP contribution >= 0.6 is 0 Å². The molecule has 20 heavy (non-hydrogen) atoms. The Bertz CT molecular complexity index is 590. The summed E-state index contributed by atoms with van der Waals surface area (Å²) in [7, 11) is 0.389. The molecule has 0 aliphatic carbocycles. The van der Waals surface area contributed by atoms with Crippen molar-refractivity contribution < 1.29 is 13.2 Å². The van der Waals surface area contributed by atoms with Crippen LogP contribution < -0.4 is 10.6 Å². The highest BCUT2D eigenvalue weighted by atomic mass is 32.2. The molecule has 1 aliphatic rings. The van der Waals surface area contributed by atoms with Crippen molar-refractivity contribution >= 4 is 21.5 Å². The zero-order valence-electron chi connectivity index (χ0n) is 11.9. The number of aromatic nitrogens is 2. The van der Waals surface area contributed by atoms with Crippen molar-refractivity contribution in [1.82, 2.24) is 9.97 Å². The molecule has 8 heteroatoms. The van der Waals surface area contributed by atoms with E-state index in [1.807, 2.05) is 6.92 Å². The normalized spacial score (nSPS) is 24.6. The molecule has 112 valence electrons. The minimum atomic E-state index is -2.96. The maximum Gasteiger partial charge on any atom is 0.158 e. The molecular formula is C12H20N4O3S. The van der Waals surface area contributed by atoms with Crippen molar-refractivity contribution in [3.8, 4) is 0 Å². The van der Waals surface area contributed by atoms with Gasteiger partial charge in [0.15, 0.2) is 15.7 Å². The highest BCUT2D eigenvalue weighted by molar-refractivity contribution is 7.91. The van der Waals surface area contributed by atoms with Crippen LogP contribution in [0.15, 0.2) is 6.07 Å². The van der Waals surface area contributed by atoms with E-state index < -0.39 is 15.4 Å². The van der Waals surface area contributed by atoms with Crippen LogP contribution in [0.5, 0.6) is 0 Å². The highest BCUT2D eigenvalue weighted by Gasteiger charge is 2.38. The number of hydrogen-bond acceptors (Lipinski definition) is 7. The van der Waals surface area contributed by atoms with Crippen molar-refractivity contribution in [2.75, 3.05) is 36.3 Å². The van der Waals surface area contributed by atoms with Gasteiger partial charge in [-0.25, -0.2) is 18.4 Å². The first-order valence-electron chi connectivity index (χ1n) is 6.39. The summed E-state index contributed by atoms with van der Waals surface area (Å²) < 4.78 is 28.3. The first-order chi connectivity index (χ1) is 9.36. The Labute approximate surface area is 119 Å². The maximum absolute atomic E-state index is 11.6. The number of sulfone groups is 1. The highest BCUT2D eigenvalue weighted by Crippen LogP contribution is 2.27. The summed E-state index contributed by atoms with van der Waals surface area (Å²) in [5.41, 5.74) is -0.484. The van der Waals surface area contributed by atoms with Gasteiger partial charge in [-0.15, -0.1) is 0 Å². The zero-order chi connectivity index (χ0) is 14.8. The van der Waals surface area contributed by atoms with E-state index in [2.05, 4.69) is 20.6 Å². The lowest BCUT2D eigenvalue weighted by Gasteiger charge is -2.25. The molecule has 0 bridgehead atoms. The monoisotopic (exact) mass is 300 g/mol. The van der Waals surface area contributed by atoms with E-state index in [1.54, 1.807) is 20.2 Å². The van der Waals surface area contributed by atoms with Gasteiger partial charge in [-0.05, 0) is 13.3 Å². The van der Waals surface area contributed by atoms with E-state index in [1.165, 1.54) is 0 Å². The second-order valence-electron chi connectivity index (χ2n) is 5.27. The number of methoxy groups -OCH3 is 1. The molecule has 1 saturated heterocycles. The number of ether oxygens (including phenoxy) is 1. The molecule has 2 heterocycles. The van der Waals surface area contributed by atoms with E-state index in [4.69, 9.17) is 4.74 Å². The Hall–Kier alpha value is -1.41. The summed E-state index contributed by atoms with van der Waals surface area (Å²) in [5.74, 6) is 2.16. The van der Waals surface area contributed by atoms with E-state index in [9.17, 15) is 8.42 Å². The van der Waals surface area contributed by atoms with Crippen molar-refractivity contribution in [3.63, 3.8) is 0 Å². The molecule has 1 aliphatic heterocycles. The Balaban J connectivity index is 2.22. The van der Waals surface area contributed by atoms with Crippen molar-refractivity contribution in [2.24, 2.45) is 0 Å². The molecule has 0 saturated carbocycles. The Kier molecular flexibility index (Phi) is 4.14. The summed E-state index contributed by atoms with van der Waals surface area (Å²) in [6.07, 6.45) is 0.577. The van der Waals surface area contributed by atoms with Gasteiger partial charge in [0.1, 0.15) is 18.2 Å².